The van der Waals surface area contributed by atoms with E-state index in [2.05, 4.69) is 5.10 Å². The highest BCUT2D eigenvalue weighted by Crippen LogP contribution is 2.24. The summed E-state index contributed by atoms with van der Waals surface area (Å²) in [5.41, 5.74) is 2.32. The average molecular weight is 412 g/mol. The number of rotatable bonds is 4. The summed E-state index contributed by atoms with van der Waals surface area (Å²) < 4.78 is 8.24. The van der Waals surface area contributed by atoms with Crippen molar-refractivity contribution >= 4 is 5.91 Å². The number of carbonyl (C=O) groups excluding carboxylic acids is 1. The third-order valence-corrected chi connectivity index (χ3v) is 6.25. The van der Waals surface area contributed by atoms with Crippen LogP contribution in [0.4, 0.5) is 0 Å². The lowest BCUT2D eigenvalue weighted by molar-refractivity contribution is 0.0676. The zero-order chi connectivity index (χ0) is 21.3. The number of amides is 1. The first kappa shape index (κ1) is 20.4. The molecule has 0 bridgehead atoms. The smallest absolute Gasteiger partial charge is 0.267 e. The molecular weight excluding hydrogens is 384 g/mol. The Morgan fingerprint density at radius 3 is 2.60 bits per heavy atom. The van der Waals surface area contributed by atoms with Crippen LogP contribution in [-0.4, -0.2) is 45.4 Å². The van der Waals surface area contributed by atoms with Gasteiger partial charge in [-0.15, -0.1) is 0 Å². The maximum atomic E-state index is 13.0. The molecule has 0 atom stereocenters. The van der Waals surface area contributed by atoms with E-state index in [-0.39, 0.29) is 17.0 Å². The summed E-state index contributed by atoms with van der Waals surface area (Å²) in [6.07, 6.45) is 7.32. The summed E-state index contributed by atoms with van der Waals surface area (Å²) >= 11 is 0. The second kappa shape index (κ2) is 8.45. The van der Waals surface area contributed by atoms with Gasteiger partial charge in [0, 0.05) is 45.0 Å². The van der Waals surface area contributed by atoms with Crippen LogP contribution in [0.15, 0.2) is 27.9 Å². The van der Waals surface area contributed by atoms with Crippen LogP contribution in [0.5, 0.6) is 5.75 Å². The van der Waals surface area contributed by atoms with Gasteiger partial charge in [0.1, 0.15) is 5.75 Å². The van der Waals surface area contributed by atoms with Crippen LogP contribution in [0.1, 0.15) is 47.3 Å². The van der Waals surface area contributed by atoms with Crippen molar-refractivity contribution in [3.05, 3.63) is 55.9 Å². The molecule has 8 nitrogen and oxygen atoms in total. The number of likely N-dealkylation sites (tertiary alicyclic amines) is 1. The van der Waals surface area contributed by atoms with E-state index in [0.29, 0.717) is 36.9 Å². The molecule has 1 fully saturated rings. The number of hydrogen-bond acceptors (Lipinski definition) is 5. The number of piperidine rings is 1. The van der Waals surface area contributed by atoms with Gasteiger partial charge in [-0.1, -0.05) is 0 Å². The molecule has 0 aromatic carbocycles. The van der Waals surface area contributed by atoms with Crippen molar-refractivity contribution in [2.24, 2.45) is 13.0 Å². The number of fused-ring (bicyclic) bond motifs is 1. The highest BCUT2D eigenvalue weighted by molar-refractivity contribution is 5.96. The Balaban J connectivity index is 1.42. The number of nitrogens with zero attached hydrogens (tertiary/aromatic N) is 4. The number of ether oxygens (including phenoxy) is 1. The van der Waals surface area contributed by atoms with E-state index < -0.39 is 0 Å². The molecule has 4 rings (SSSR count). The van der Waals surface area contributed by atoms with Gasteiger partial charge in [-0.05, 0) is 50.0 Å². The Bertz CT molecular complexity index is 1060. The molecule has 2 aromatic heterocycles. The van der Waals surface area contributed by atoms with E-state index in [0.717, 1.165) is 49.8 Å². The van der Waals surface area contributed by atoms with E-state index in [9.17, 15) is 14.4 Å². The SMILES string of the molecule is COc1cc(=O)n(C)cc1C(=O)N1CCC(Cn2nc3c(cc2=O)CCCC3)CC1. The Kier molecular flexibility index (Phi) is 5.74. The third-order valence-electron chi connectivity index (χ3n) is 6.25. The lowest BCUT2D eigenvalue weighted by atomic mass is 9.95. The molecule has 0 unspecified atom stereocenters. The van der Waals surface area contributed by atoms with E-state index in [1.807, 2.05) is 0 Å². The predicted molar refractivity (Wildman–Crippen MR) is 112 cm³/mol. The van der Waals surface area contributed by atoms with Gasteiger partial charge < -0.3 is 14.2 Å². The minimum atomic E-state index is -0.218. The molecule has 8 heteroatoms. The second-order valence-electron chi connectivity index (χ2n) is 8.28. The number of carbonyl (C=O) groups is 1. The normalized spacial score (nSPS) is 16.9. The van der Waals surface area contributed by atoms with E-state index in [4.69, 9.17) is 4.74 Å². The fourth-order valence-corrected chi connectivity index (χ4v) is 4.41. The van der Waals surface area contributed by atoms with Gasteiger partial charge >= 0.3 is 0 Å². The van der Waals surface area contributed by atoms with Crippen LogP contribution in [-0.2, 0) is 26.4 Å². The number of hydrogen-bond donors (Lipinski definition) is 0. The molecule has 2 aliphatic rings. The predicted octanol–water partition coefficient (Wildman–Crippen LogP) is 1.38. The standard InChI is InChI=1S/C22H28N4O4/c1-24-14-17(19(30-2)12-20(24)27)22(29)25-9-7-15(8-10-25)13-26-21(28)11-16-5-3-4-6-18(16)23-26/h11-12,14-15H,3-10,13H2,1-2H3. The van der Waals surface area contributed by atoms with E-state index >= 15 is 0 Å². The minimum Gasteiger partial charge on any atom is -0.496 e. The van der Waals surface area contributed by atoms with E-state index in [1.54, 1.807) is 22.7 Å². The summed E-state index contributed by atoms with van der Waals surface area (Å²) in [5, 5.41) is 4.62. The molecule has 1 saturated heterocycles. The molecule has 160 valence electrons. The minimum absolute atomic E-state index is 0.0240. The molecule has 0 N–H and O–H groups in total. The topological polar surface area (TPSA) is 86.4 Å². The van der Waals surface area contributed by atoms with Crippen molar-refractivity contribution in [3.63, 3.8) is 0 Å². The zero-order valence-electron chi connectivity index (χ0n) is 17.6. The Labute approximate surface area is 175 Å². The summed E-state index contributed by atoms with van der Waals surface area (Å²) in [6, 6.07) is 3.10. The fourth-order valence-electron chi connectivity index (χ4n) is 4.41. The van der Waals surface area contributed by atoms with Gasteiger partial charge in [0.15, 0.2) is 0 Å². The second-order valence-corrected chi connectivity index (χ2v) is 8.28. The number of aromatic nitrogens is 3. The molecule has 1 aliphatic heterocycles. The lowest BCUT2D eigenvalue weighted by Gasteiger charge is -2.32. The van der Waals surface area contributed by atoms with Gasteiger partial charge in [-0.2, -0.15) is 5.10 Å². The first-order valence-electron chi connectivity index (χ1n) is 10.6. The quantitative estimate of drug-likeness (QED) is 0.757. The molecule has 2 aromatic rings. The average Bonchev–Trinajstić information content (AvgIpc) is 2.76. The number of aryl methyl sites for hydroxylation is 3. The van der Waals surface area contributed by atoms with Crippen molar-refractivity contribution in [1.82, 2.24) is 19.2 Å². The van der Waals surface area contributed by atoms with Gasteiger partial charge in [0.05, 0.1) is 18.4 Å². The molecule has 0 saturated carbocycles. The van der Waals surface area contributed by atoms with Crippen LogP contribution >= 0.6 is 0 Å². The van der Waals surface area contributed by atoms with Gasteiger partial charge in [-0.3, -0.25) is 14.4 Å². The molecule has 1 amide bonds. The summed E-state index contributed by atoms with van der Waals surface area (Å²) in [7, 11) is 3.08. The van der Waals surface area contributed by atoms with Crippen LogP contribution in [0.3, 0.4) is 0 Å². The maximum absolute atomic E-state index is 13.0. The van der Waals surface area contributed by atoms with Crippen molar-refractivity contribution in [1.29, 1.82) is 0 Å². The van der Waals surface area contributed by atoms with Crippen molar-refractivity contribution in [2.75, 3.05) is 20.2 Å². The number of methoxy groups -OCH3 is 1. The summed E-state index contributed by atoms with van der Waals surface area (Å²) in [6.45, 7) is 1.81. The zero-order valence-corrected chi connectivity index (χ0v) is 17.6. The van der Waals surface area contributed by atoms with Crippen molar-refractivity contribution in [3.8, 4) is 5.75 Å². The van der Waals surface area contributed by atoms with Gasteiger partial charge in [-0.25, -0.2) is 4.68 Å². The largest absolute Gasteiger partial charge is 0.496 e. The Hall–Kier alpha value is -2.90. The monoisotopic (exact) mass is 412 g/mol. The molecular formula is C22H28N4O4. The maximum Gasteiger partial charge on any atom is 0.267 e. The first-order valence-corrected chi connectivity index (χ1v) is 10.6. The van der Waals surface area contributed by atoms with Gasteiger partial charge in [0.25, 0.3) is 17.0 Å². The third kappa shape index (κ3) is 4.04. The Morgan fingerprint density at radius 2 is 1.87 bits per heavy atom. The molecule has 30 heavy (non-hydrogen) atoms. The summed E-state index contributed by atoms with van der Waals surface area (Å²) in [4.78, 5) is 39.0. The highest BCUT2D eigenvalue weighted by atomic mass is 16.5. The molecule has 0 radical (unpaired) electrons. The van der Waals surface area contributed by atoms with Crippen molar-refractivity contribution < 1.29 is 9.53 Å². The molecule has 3 heterocycles. The van der Waals surface area contributed by atoms with Crippen LogP contribution in [0.25, 0.3) is 0 Å². The number of pyridine rings is 1. The fraction of sp³-hybridized carbons (Fsp3) is 0.545. The molecule has 0 spiro atoms. The van der Waals surface area contributed by atoms with Crippen LogP contribution in [0, 0.1) is 5.92 Å². The highest BCUT2D eigenvalue weighted by Gasteiger charge is 2.27. The first-order chi connectivity index (χ1) is 14.5. The Morgan fingerprint density at radius 1 is 1.13 bits per heavy atom. The van der Waals surface area contributed by atoms with Gasteiger partial charge in [0.2, 0.25) is 0 Å². The molecule has 1 aliphatic carbocycles. The van der Waals surface area contributed by atoms with Crippen LogP contribution < -0.4 is 15.9 Å². The summed E-state index contributed by atoms with van der Waals surface area (Å²) in [5.74, 6) is 0.475. The lowest BCUT2D eigenvalue weighted by Crippen LogP contribution is -2.41. The van der Waals surface area contributed by atoms with Crippen molar-refractivity contribution in [2.45, 2.75) is 45.1 Å². The van der Waals surface area contributed by atoms with E-state index in [1.165, 1.54) is 23.9 Å². The van der Waals surface area contributed by atoms with Crippen LogP contribution in [0.2, 0.25) is 0 Å².